The van der Waals surface area contributed by atoms with Crippen molar-refractivity contribution in [3.63, 3.8) is 0 Å². The van der Waals surface area contributed by atoms with E-state index in [1.807, 2.05) is 0 Å². The zero-order valence-corrected chi connectivity index (χ0v) is 14.8. The van der Waals surface area contributed by atoms with Crippen LogP contribution in [-0.2, 0) is 11.2 Å². The molecule has 1 aromatic heterocycles. The summed E-state index contributed by atoms with van der Waals surface area (Å²) in [5.74, 6) is 2.08. The maximum atomic E-state index is 12.0. The van der Waals surface area contributed by atoms with E-state index in [0.717, 1.165) is 31.7 Å². The molecule has 0 unspecified atom stereocenters. The van der Waals surface area contributed by atoms with E-state index < -0.39 is 0 Å². The van der Waals surface area contributed by atoms with Crippen molar-refractivity contribution in [1.82, 2.24) is 20.4 Å². The van der Waals surface area contributed by atoms with Crippen molar-refractivity contribution in [1.29, 1.82) is 0 Å². The van der Waals surface area contributed by atoms with Crippen molar-refractivity contribution in [2.45, 2.75) is 76.2 Å². The number of nitrogens with one attached hydrogen (secondary N) is 1. The predicted molar refractivity (Wildman–Crippen MR) is 91.7 cm³/mol. The number of carbonyl (C=O) groups excluding carboxylic acids is 1. The fourth-order valence-corrected chi connectivity index (χ4v) is 3.92. The van der Waals surface area contributed by atoms with E-state index >= 15 is 0 Å². The van der Waals surface area contributed by atoms with Gasteiger partial charge in [0.25, 0.3) is 0 Å². The summed E-state index contributed by atoms with van der Waals surface area (Å²) >= 11 is 0. The third-order valence-corrected chi connectivity index (χ3v) is 5.49. The van der Waals surface area contributed by atoms with Gasteiger partial charge in [0.15, 0.2) is 5.82 Å². The Morgan fingerprint density at radius 1 is 1.25 bits per heavy atom. The van der Waals surface area contributed by atoms with E-state index in [0.29, 0.717) is 37.2 Å². The molecule has 2 aliphatic rings. The first-order valence-corrected chi connectivity index (χ1v) is 9.52. The average molecular weight is 334 g/mol. The smallest absolute Gasteiger partial charge is 0.229 e. The molecule has 0 radical (unpaired) electrons. The molecule has 1 atom stereocenters. The van der Waals surface area contributed by atoms with Crippen molar-refractivity contribution in [2.24, 2.45) is 0 Å². The highest BCUT2D eigenvalue weighted by molar-refractivity contribution is 5.75. The molecule has 0 spiro atoms. The standard InChI is InChI=1S/C18H30N4O2/c1-22-13-5-4-8-15(22)9-10-17(23)19-12-11-16-20-18(24-21-16)14-6-2-3-7-14/h14-15H,2-13H2,1H3,(H,19,23)/t15-/m0/s1. The number of hydrogen-bond donors (Lipinski definition) is 1. The largest absolute Gasteiger partial charge is 0.356 e. The Morgan fingerprint density at radius 3 is 2.83 bits per heavy atom. The number of carbonyl (C=O) groups is 1. The molecule has 6 heteroatoms. The first kappa shape index (κ1) is 17.4. The summed E-state index contributed by atoms with van der Waals surface area (Å²) in [5.41, 5.74) is 0. The highest BCUT2D eigenvalue weighted by Crippen LogP contribution is 2.32. The van der Waals surface area contributed by atoms with Gasteiger partial charge in [0.1, 0.15) is 0 Å². The summed E-state index contributed by atoms with van der Waals surface area (Å²) in [4.78, 5) is 18.9. The Hall–Kier alpha value is -1.43. The van der Waals surface area contributed by atoms with Crippen LogP contribution >= 0.6 is 0 Å². The van der Waals surface area contributed by atoms with Gasteiger partial charge in [0.05, 0.1) is 0 Å². The van der Waals surface area contributed by atoms with Crippen LogP contribution in [0, 0.1) is 0 Å². The lowest BCUT2D eigenvalue weighted by Gasteiger charge is -2.32. The van der Waals surface area contributed by atoms with Gasteiger partial charge < -0.3 is 14.7 Å². The number of aromatic nitrogens is 2. The van der Waals surface area contributed by atoms with E-state index in [9.17, 15) is 4.79 Å². The monoisotopic (exact) mass is 334 g/mol. The van der Waals surface area contributed by atoms with E-state index in [-0.39, 0.29) is 5.91 Å². The molecule has 1 saturated heterocycles. The molecule has 24 heavy (non-hydrogen) atoms. The first-order chi connectivity index (χ1) is 11.7. The number of piperidine rings is 1. The second-order valence-corrected chi connectivity index (χ2v) is 7.30. The molecule has 0 aromatic carbocycles. The third-order valence-electron chi connectivity index (χ3n) is 5.49. The molecule has 2 heterocycles. The Kier molecular flexibility index (Phi) is 6.24. The van der Waals surface area contributed by atoms with Gasteiger partial charge >= 0.3 is 0 Å². The summed E-state index contributed by atoms with van der Waals surface area (Å²) < 4.78 is 5.37. The van der Waals surface area contributed by atoms with Crippen molar-refractivity contribution in [3.8, 4) is 0 Å². The Balaban J connectivity index is 1.33. The second-order valence-electron chi connectivity index (χ2n) is 7.30. The second kappa shape index (κ2) is 8.60. The lowest BCUT2D eigenvalue weighted by molar-refractivity contribution is -0.121. The minimum Gasteiger partial charge on any atom is -0.356 e. The van der Waals surface area contributed by atoms with Crippen LogP contribution in [0.4, 0.5) is 0 Å². The van der Waals surface area contributed by atoms with Crippen molar-refractivity contribution < 1.29 is 9.32 Å². The zero-order chi connectivity index (χ0) is 16.8. The maximum Gasteiger partial charge on any atom is 0.229 e. The SMILES string of the molecule is CN1CCCC[C@H]1CCC(=O)NCCc1noc(C2CCCC2)n1. The molecular formula is C18H30N4O2. The highest BCUT2D eigenvalue weighted by atomic mass is 16.5. The fourth-order valence-electron chi connectivity index (χ4n) is 3.92. The maximum absolute atomic E-state index is 12.0. The number of nitrogens with zero attached hydrogens (tertiary/aromatic N) is 3. The molecule has 1 amide bonds. The Morgan fingerprint density at radius 2 is 2.04 bits per heavy atom. The van der Waals surface area contributed by atoms with Gasteiger partial charge in [0.2, 0.25) is 11.8 Å². The summed E-state index contributed by atoms with van der Waals surface area (Å²) in [6.07, 6.45) is 10.8. The molecule has 1 saturated carbocycles. The Labute approximate surface area is 144 Å². The van der Waals surface area contributed by atoms with Crippen molar-refractivity contribution >= 4 is 5.91 Å². The molecule has 1 aromatic rings. The third kappa shape index (κ3) is 4.79. The number of likely N-dealkylation sites (tertiary alicyclic amines) is 1. The molecule has 1 aliphatic heterocycles. The number of hydrogen-bond acceptors (Lipinski definition) is 5. The molecule has 2 fully saturated rings. The minimum absolute atomic E-state index is 0.133. The molecule has 3 rings (SSSR count). The Bertz CT molecular complexity index is 525. The molecular weight excluding hydrogens is 304 g/mol. The molecule has 0 bridgehead atoms. The number of amides is 1. The normalized spacial score (nSPS) is 22.8. The zero-order valence-electron chi connectivity index (χ0n) is 14.8. The molecule has 134 valence electrons. The first-order valence-electron chi connectivity index (χ1n) is 9.52. The molecule has 1 aliphatic carbocycles. The van der Waals surface area contributed by atoms with E-state index in [1.54, 1.807) is 0 Å². The summed E-state index contributed by atoms with van der Waals surface area (Å²) in [6.45, 7) is 1.75. The van der Waals surface area contributed by atoms with Gasteiger partial charge in [-0.05, 0) is 45.7 Å². The highest BCUT2D eigenvalue weighted by Gasteiger charge is 2.23. The summed E-state index contributed by atoms with van der Waals surface area (Å²) in [7, 11) is 2.17. The van der Waals surface area contributed by atoms with Crippen LogP contribution in [0.2, 0.25) is 0 Å². The average Bonchev–Trinajstić information content (AvgIpc) is 3.25. The molecule has 6 nitrogen and oxygen atoms in total. The minimum atomic E-state index is 0.133. The topological polar surface area (TPSA) is 71.3 Å². The van der Waals surface area contributed by atoms with Gasteiger partial charge in [0, 0.05) is 31.3 Å². The van der Waals surface area contributed by atoms with E-state index in [4.69, 9.17) is 4.52 Å². The van der Waals surface area contributed by atoms with Gasteiger partial charge in [-0.1, -0.05) is 24.4 Å². The van der Waals surface area contributed by atoms with Crippen molar-refractivity contribution in [2.75, 3.05) is 20.1 Å². The fraction of sp³-hybridized carbons (Fsp3) is 0.833. The van der Waals surface area contributed by atoms with Crippen LogP contribution < -0.4 is 5.32 Å². The van der Waals surface area contributed by atoms with E-state index in [1.165, 1.54) is 32.1 Å². The van der Waals surface area contributed by atoms with Crippen LogP contribution in [0.5, 0.6) is 0 Å². The van der Waals surface area contributed by atoms with Crippen LogP contribution in [0.25, 0.3) is 0 Å². The van der Waals surface area contributed by atoms with Gasteiger partial charge in [-0.15, -0.1) is 0 Å². The van der Waals surface area contributed by atoms with E-state index in [2.05, 4.69) is 27.4 Å². The number of rotatable bonds is 7. The van der Waals surface area contributed by atoms with Crippen LogP contribution in [0.3, 0.4) is 0 Å². The predicted octanol–water partition coefficient (Wildman–Crippen LogP) is 2.65. The van der Waals surface area contributed by atoms with Crippen LogP contribution in [-0.4, -0.2) is 47.1 Å². The van der Waals surface area contributed by atoms with Crippen LogP contribution in [0.15, 0.2) is 4.52 Å². The van der Waals surface area contributed by atoms with Gasteiger partial charge in [-0.2, -0.15) is 4.98 Å². The van der Waals surface area contributed by atoms with Crippen LogP contribution in [0.1, 0.15) is 75.4 Å². The summed E-state index contributed by atoms with van der Waals surface area (Å²) in [5, 5.41) is 7.03. The molecule has 1 N–H and O–H groups in total. The van der Waals surface area contributed by atoms with Crippen molar-refractivity contribution in [3.05, 3.63) is 11.7 Å². The summed E-state index contributed by atoms with van der Waals surface area (Å²) in [6, 6.07) is 0.565. The quantitative estimate of drug-likeness (QED) is 0.830. The van der Waals surface area contributed by atoms with Gasteiger partial charge in [-0.25, -0.2) is 0 Å². The lowest BCUT2D eigenvalue weighted by atomic mass is 9.98. The van der Waals surface area contributed by atoms with Gasteiger partial charge in [-0.3, -0.25) is 4.79 Å². The lowest BCUT2D eigenvalue weighted by Crippen LogP contribution is -2.37.